The minimum Gasteiger partial charge on any atom is -0.375 e. The van der Waals surface area contributed by atoms with Gasteiger partial charge in [-0.25, -0.2) is 0 Å². The summed E-state index contributed by atoms with van der Waals surface area (Å²) in [6.07, 6.45) is 5.28. The largest absolute Gasteiger partial charge is 0.375 e. The van der Waals surface area contributed by atoms with Crippen molar-refractivity contribution in [2.45, 2.75) is 56.2 Å². The Hall–Kier alpha value is -0.590. The number of carbonyl (C=O) groups is 2. The third-order valence-electron chi connectivity index (χ3n) is 4.98. The number of piperidine rings is 1. The molecule has 5 nitrogen and oxygen atoms in total. The van der Waals surface area contributed by atoms with Gasteiger partial charge in [-0.05, 0) is 43.6 Å². The summed E-state index contributed by atoms with van der Waals surface area (Å²) in [6, 6.07) is 0.128. The van der Waals surface area contributed by atoms with Gasteiger partial charge in [0.2, 0.25) is 11.8 Å². The van der Waals surface area contributed by atoms with E-state index in [0.29, 0.717) is 18.9 Å². The quantitative estimate of drug-likeness (QED) is 0.776. The first-order chi connectivity index (χ1) is 10.1. The molecule has 118 valence electrons. The van der Waals surface area contributed by atoms with Gasteiger partial charge in [0.05, 0.1) is 11.6 Å². The first kappa shape index (κ1) is 15.3. The van der Waals surface area contributed by atoms with Crippen molar-refractivity contribution < 1.29 is 14.3 Å². The molecule has 1 N–H and O–H groups in total. The average molecular weight is 312 g/mol. The fourth-order valence-electron chi connectivity index (χ4n) is 3.62. The van der Waals surface area contributed by atoms with Crippen LogP contribution in [0.15, 0.2) is 0 Å². The molecule has 0 aromatic rings. The second kappa shape index (κ2) is 6.26. The summed E-state index contributed by atoms with van der Waals surface area (Å²) in [5, 5.41) is 3.50. The van der Waals surface area contributed by atoms with Crippen LogP contribution in [0.5, 0.6) is 0 Å². The molecule has 2 atom stereocenters. The molecule has 3 heterocycles. The number of likely N-dealkylation sites (tertiary alicyclic amines) is 1. The minimum atomic E-state index is -0.203. The molecular weight excluding hydrogens is 288 g/mol. The van der Waals surface area contributed by atoms with E-state index in [1.165, 1.54) is 16.4 Å². The van der Waals surface area contributed by atoms with Crippen LogP contribution in [-0.2, 0) is 14.3 Å². The van der Waals surface area contributed by atoms with Gasteiger partial charge in [-0.1, -0.05) is 0 Å². The number of thioether (sulfide) groups is 1. The Morgan fingerprint density at radius 3 is 2.81 bits per heavy atom. The first-order valence-electron chi connectivity index (χ1n) is 7.88. The van der Waals surface area contributed by atoms with Crippen LogP contribution in [-0.4, -0.2) is 59.6 Å². The van der Waals surface area contributed by atoms with Crippen LogP contribution < -0.4 is 5.32 Å². The number of nitrogens with zero attached hydrogens (tertiary/aromatic N) is 1. The van der Waals surface area contributed by atoms with Crippen molar-refractivity contribution in [3.8, 4) is 0 Å². The molecule has 3 aliphatic heterocycles. The van der Waals surface area contributed by atoms with Crippen molar-refractivity contribution in [1.82, 2.24) is 10.2 Å². The Kier molecular flexibility index (Phi) is 4.57. The van der Waals surface area contributed by atoms with E-state index < -0.39 is 0 Å². The smallest absolute Gasteiger partial charge is 0.246 e. The first-order valence-corrected chi connectivity index (χ1v) is 9.03. The van der Waals surface area contributed by atoms with E-state index >= 15 is 0 Å². The van der Waals surface area contributed by atoms with Crippen LogP contribution in [0.3, 0.4) is 0 Å². The van der Waals surface area contributed by atoms with Gasteiger partial charge in [0.25, 0.3) is 0 Å². The number of amides is 2. The van der Waals surface area contributed by atoms with Gasteiger partial charge in [-0.15, -0.1) is 0 Å². The van der Waals surface area contributed by atoms with E-state index in [1.54, 1.807) is 7.05 Å². The molecule has 3 aliphatic rings. The van der Waals surface area contributed by atoms with Crippen LogP contribution in [0.2, 0.25) is 0 Å². The Balaban J connectivity index is 1.59. The molecular formula is C15H24N2O3S. The van der Waals surface area contributed by atoms with Crippen LogP contribution in [0.25, 0.3) is 0 Å². The standard InChI is InChI=1S/C15H24N2O3S/c1-17-13(18)3-2-12(14(17)19)16-11-4-7-20-15(10-11)5-8-21-9-6-15/h11-12,16H,2-10H2,1H3. The van der Waals surface area contributed by atoms with E-state index in [1.807, 2.05) is 11.8 Å². The lowest BCUT2D eigenvalue weighted by molar-refractivity contribution is -0.149. The van der Waals surface area contributed by atoms with Gasteiger partial charge < -0.3 is 10.1 Å². The van der Waals surface area contributed by atoms with Gasteiger partial charge in [-0.2, -0.15) is 11.8 Å². The maximum atomic E-state index is 12.2. The van der Waals surface area contributed by atoms with Crippen LogP contribution >= 0.6 is 11.8 Å². The molecule has 0 aromatic heterocycles. The predicted molar refractivity (Wildman–Crippen MR) is 82.2 cm³/mol. The SMILES string of the molecule is CN1C(=O)CCC(NC2CCOC3(CCSCC3)C2)C1=O. The third kappa shape index (κ3) is 3.27. The Bertz CT molecular complexity index is 418. The number of carbonyl (C=O) groups excluding carboxylic acids is 2. The lowest BCUT2D eigenvalue weighted by Gasteiger charge is -2.44. The van der Waals surface area contributed by atoms with Gasteiger partial charge in [0.1, 0.15) is 0 Å². The molecule has 0 aliphatic carbocycles. The molecule has 0 saturated carbocycles. The lowest BCUT2D eigenvalue weighted by atomic mass is 9.85. The molecule has 2 amide bonds. The van der Waals surface area contributed by atoms with E-state index in [9.17, 15) is 9.59 Å². The number of hydrogen-bond acceptors (Lipinski definition) is 5. The highest BCUT2D eigenvalue weighted by Gasteiger charge is 2.40. The molecule has 0 radical (unpaired) electrons. The molecule has 0 aromatic carbocycles. The van der Waals surface area contributed by atoms with Gasteiger partial charge >= 0.3 is 0 Å². The highest BCUT2D eigenvalue weighted by molar-refractivity contribution is 7.99. The minimum absolute atomic E-state index is 0.0284. The number of ether oxygens (including phenoxy) is 1. The normalized spacial score (nSPS) is 33.5. The number of nitrogens with one attached hydrogen (secondary N) is 1. The van der Waals surface area contributed by atoms with E-state index in [-0.39, 0.29) is 23.5 Å². The molecule has 0 bridgehead atoms. The Labute approximate surface area is 130 Å². The summed E-state index contributed by atoms with van der Waals surface area (Å²) in [6.45, 7) is 0.776. The monoisotopic (exact) mass is 312 g/mol. The molecule has 2 unspecified atom stereocenters. The van der Waals surface area contributed by atoms with Crippen LogP contribution in [0.1, 0.15) is 38.5 Å². The number of rotatable bonds is 2. The maximum absolute atomic E-state index is 12.2. The fraction of sp³-hybridized carbons (Fsp3) is 0.867. The van der Waals surface area contributed by atoms with Gasteiger partial charge in [-0.3, -0.25) is 14.5 Å². The molecule has 6 heteroatoms. The summed E-state index contributed by atoms with van der Waals surface area (Å²) >= 11 is 2.00. The number of imide groups is 1. The second-order valence-electron chi connectivity index (χ2n) is 6.38. The van der Waals surface area contributed by atoms with Crippen LogP contribution in [0.4, 0.5) is 0 Å². The Morgan fingerprint density at radius 2 is 2.05 bits per heavy atom. The molecule has 3 rings (SSSR count). The number of likely N-dealkylation sites (N-methyl/N-ethyl adjacent to an activating group) is 1. The lowest BCUT2D eigenvalue weighted by Crippen LogP contribution is -2.57. The summed E-state index contributed by atoms with van der Waals surface area (Å²) in [7, 11) is 1.59. The van der Waals surface area contributed by atoms with Crippen molar-refractivity contribution >= 4 is 23.6 Å². The maximum Gasteiger partial charge on any atom is 0.246 e. The molecule has 1 spiro atoms. The fourth-order valence-corrected chi connectivity index (χ4v) is 4.85. The summed E-state index contributed by atoms with van der Waals surface area (Å²) in [4.78, 5) is 25.0. The van der Waals surface area contributed by atoms with Gasteiger partial charge in [0.15, 0.2) is 0 Å². The third-order valence-corrected chi connectivity index (χ3v) is 5.97. The zero-order valence-corrected chi connectivity index (χ0v) is 13.4. The highest BCUT2D eigenvalue weighted by atomic mass is 32.2. The highest BCUT2D eigenvalue weighted by Crippen LogP contribution is 2.37. The zero-order chi connectivity index (χ0) is 14.9. The van der Waals surface area contributed by atoms with E-state index in [4.69, 9.17) is 4.74 Å². The van der Waals surface area contributed by atoms with E-state index in [0.717, 1.165) is 32.3 Å². The van der Waals surface area contributed by atoms with Crippen molar-refractivity contribution in [3.05, 3.63) is 0 Å². The zero-order valence-electron chi connectivity index (χ0n) is 12.6. The number of hydrogen-bond donors (Lipinski definition) is 1. The van der Waals surface area contributed by atoms with Crippen molar-refractivity contribution in [3.63, 3.8) is 0 Å². The van der Waals surface area contributed by atoms with Crippen molar-refractivity contribution in [2.75, 3.05) is 25.2 Å². The topological polar surface area (TPSA) is 58.6 Å². The molecule has 3 fully saturated rings. The summed E-state index contributed by atoms with van der Waals surface area (Å²) in [5.41, 5.74) is 0.0284. The summed E-state index contributed by atoms with van der Waals surface area (Å²) < 4.78 is 6.09. The molecule has 3 saturated heterocycles. The van der Waals surface area contributed by atoms with Crippen molar-refractivity contribution in [1.29, 1.82) is 0 Å². The van der Waals surface area contributed by atoms with Gasteiger partial charge in [0, 0.05) is 26.1 Å². The van der Waals surface area contributed by atoms with E-state index in [2.05, 4.69) is 5.32 Å². The second-order valence-corrected chi connectivity index (χ2v) is 7.61. The summed E-state index contributed by atoms with van der Waals surface area (Å²) in [5.74, 6) is 2.20. The average Bonchev–Trinajstić information content (AvgIpc) is 2.49. The predicted octanol–water partition coefficient (Wildman–Crippen LogP) is 1.17. The molecule has 21 heavy (non-hydrogen) atoms. The van der Waals surface area contributed by atoms with Crippen LogP contribution in [0, 0.1) is 0 Å². The Morgan fingerprint density at radius 1 is 1.29 bits per heavy atom. The van der Waals surface area contributed by atoms with Crippen molar-refractivity contribution in [2.24, 2.45) is 0 Å².